The highest BCUT2D eigenvalue weighted by molar-refractivity contribution is 9.10. The summed E-state index contributed by atoms with van der Waals surface area (Å²) < 4.78 is 32.1. The Hall–Kier alpha value is -1.95. The van der Waals surface area contributed by atoms with Gasteiger partial charge in [-0.05, 0) is 51.6 Å². The molecule has 0 aliphatic heterocycles. The summed E-state index contributed by atoms with van der Waals surface area (Å²) in [4.78, 5) is 0.421. The molecule has 0 aromatic heterocycles. The van der Waals surface area contributed by atoms with Crippen LogP contribution in [0.1, 0.15) is 93.2 Å². The van der Waals surface area contributed by atoms with E-state index in [2.05, 4.69) is 74.3 Å². The number of benzene rings is 3. The van der Waals surface area contributed by atoms with Crippen molar-refractivity contribution < 1.29 is 8.42 Å². The molecule has 0 spiro atoms. The van der Waals surface area contributed by atoms with Crippen LogP contribution in [0.3, 0.4) is 0 Å². The minimum absolute atomic E-state index is 0.0754. The van der Waals surface area contributed by atoms with E-state index in [0.29, 0.717) is 10.8 Å². The predicted molar refractivity (Wildman–Crippen MR) is 141 cm³/mol. The van der Waals surface area contributed by atoms with E-state index >= 15 is 0 Å². The zero-order valence-electron chi connectivity index (χ0n) is 20.3. The molecule has 3 nitrogen and oxygen atoms in total. The number of hydrogen-bond donors (Lipinski definition) is 1. The first-order valence-electron chi connectivity index (χ1n) is 11.5. The maximum atomic E-state index is 14.1. The van der Waals surface area contributed by atoms with Crippen LogP contribution >= 0.6 is 15.9 Å². The lowest BCUT2D eigenvalue weighted by Gasteiger charge is -2.26. The molecule has 0 saturated carbocycles. The van der Waals surface area contributed by atoms with Crippen molar-refractivity contribution in [1.29, 1.82) is 0 Å². The van der Waals surface area contributed by atoms with E-state index in [1.54, 1.807) is 0 Å². The van der Waals surface area contributed by atoms with Crippen LogP contribution in [0.25, 0.3) is 0 Å². The average molecular weight is 529 g/mol. The molecule has 0 unspecified atom stereocenters. The Kier molecular flexibility index (Phi) is 8.20. The minimum Gasteiger partial charge on any atom is -0.207 e. The highest BCUT2D eigenvalue weighted by Gasteiger charge is 2.30. The van der Waals surface area contributed by atoms with Gasteiger partial charge in [0.15, 0.2) is 0 Å². The van der Waals surface area contributed by atoms with Gasteiger partial charge in [-0.25, -0.2) is 8.42 Å². The quantitative estimate of drug-likeness (QED) is 0.323. The van der Waals surface area contributed by atoms with Crippen molar-refractivity contribution in [2.75, 3.05) is 0 Å². The summed E-state index contributed by atoms with van der Waals surface area (Å²) in [7, 11) is -3.84. The van der Waals surface area contributed by atoms with Gasteiger partial charge in [0.1, 0.15) is 0 Å². The fourth-order valence-corrected chi connectivity index (χ4v) is 6.49. The van der Waals surface area contributed by atoms with Gasteiger partial charge in [0, 0.05) is 4.47 Å². The van der Waals surface area contributed by atoms with Crippen molar-refractivity contribution in [3.05, 3.63) is 99.0 Å². The molecule has 0 fully saturated rings. The summed E-state index contributed by atoms with van der Waals surface area (Å²) in [5.74, 6) is 0.472. The van der Waals surface area contributed by atoms with Gasteiger partial charge >= 0.3 is 0 Å². The van der Waals surface area contributed by atoms with Crippen molar-refractivity contribution in [3.63, 3.8) is 0 Å². The van der Waals surface area contributed by atoms with Crippen molar-refractivity contribution in [3.8, 4) is 0 Å². The Labute approximate surface area is 207 Å². The summed E-state index contributed by atoms with van der Waals surface area (Å²) in [6, 6.07) is 21.1. The molecule has 0 aliphatic carbocycles. The predicted octanol–water partition coefficient (Wildman–Crippen LogP) is 7.89. The number of sulfonamides is 1. The second-order valence-corrected chi connectivity index (χ2v) is 12.0. The van der Waals surface area contributed by atoms with E-state index in [-0.39, 0.29) is 11.8 Å². The number of hydrogen-bond acceptors (Lipinski definition) is 2. The Morgan fingerprint density at radius 2 is 1.18 bits per heavy atom. The minimum atomic E-state index is -3.84. The number of rotatable bonds is 8. The zero-order chi connectivity index (χ0) is 24.3. The summed E-state index contributed by atoms with van der Waals surface area (Å²) in [6.07, 6.45) is 0. The molecule has 0 bridgehead atoms. The molecule has 0 heterocycles. The molecule has 3 aromatic rings. The van der Waals surface area contributed by atoms with Gasteiger partial charge in [0.2, 0.25) is 10.0 Å². The molecule has 3 rings (SSSR count). The normalized spacial score (nSPS) is 13.2. The largest absolute Gasteiger partial charge is 0.242 e. The van der Waals surface area contributed by atoms with Crippen LogP contribution in [0.4, 0.5) is 0 Å². The SMILES string of the molecule is CC(C)c1cc(C(C)C)c(S(=O)(=O)N[C@@H](c2ccccc2)c2ccccc2Br)c(C(C)C)c1. The van der Waals surface area contributed by atoms with Gasteiger partial charge in [-0.1, -0.05) is 118 Å². The van der Waals surface area contributed by atoms with Crippen LogP contribution in [0.2, 0.25) is 0 Å². The molecule has 33 heavy (non-hydrogen) atoms. The van der Waals surface area contributed by atoms with Crippen LogP contribution in [0.15, 0.2) is 76.1 Å². The molecule has 1 N–H and O–H groups in total. The van der Waals surface area contributed by atoms with Crippen LogP contribution in [0.5, 0.6) is 0 Å². The van der Waals surface area contributed by atoms with Crippen molar-refractivity contribution >= 4 is 26.0 Å². The van der Waals surface area contributed by atoms with Gasteiger partial charge in [-0.15, -0.1) is 0 Å². The lowest BCUT2D eigenvalue weighted by molar-refractivity contribution is 0.566. The summed E-state index contributed by atoms with van der Waals surface area (Å²) >= 11 is 3.62. The van der Waals surface area contributed by atoms with Crippen LogP contribution in [0, 0.1) is 0 Å². The van der Waals surface area contributed by atoms with E-state index < -0.39 is 16.1 Å². The van der Waals surface area contributed by atoms with Crippen molar-refractivity contribution in [2.24, 2.45) is 0 Å². The molecule has 3 aromatic carbocycles. The molecular weight excluding hydrogens is 494 g/mol. The second-order valence-electron chi connectivity index (χ2n) is 9.48. The Bertz CT molecular complexity index is 1170. The van der Waals surface area contributed by atoms with Gasteiger partial charge in [-0.3, -0.25) is 0 Å². The Morgan fingerprint density at radius 3 is 1.67 bits per heavy atom. The molecule has 0 saturated heterocycles. The van der Waals surface area contributed by atoms with E-state index in [4.69, 9.17) is 0 Å². The third kappa shape index (κ3) is 5.76. The van der Waals surface area contributed by atoms with Crippen LogP contribution < -0.4 is 4.72 Å². The number of halogens is 1. The first-order valence-corrected chi connectivity index (χ1v) is 13.8. The van der Waals surface area contributed by atoms with E-state index in [9.17, 15) is 8.42 Å². The average Bonchev–Trinajstić information content (AvgIpc) is 2.77. The maximum Gasteiger partial charge on any atom is 0.242 e. The Balaban J connectivity index is 2.23. The van der Waals surface area contributed by atoms with Crippen LogP contribution in [-0.2, 0) is 10.0 Å². The van der Waals surface area contributed by atoms with Crippen LogP contribution in [-0.4, -0.2) is 8.42 Å². The smallest absolute Gasteiger partial charge is 0.207 e. The lowest BCUT2D eigenvalue weighted by Crippen LogP contribution is -2.31. The van der Waals surface area contributed by atoms with Gasteiger partial charge in [-0.2, -0.15) is 4.72 Å². The fourth-order valence-electron chi connectivity index (χ4n) is 4.08. The highest BCUT2D eigenvalue weighted by Crippen LogP contribution is 2.37. The molecule has 0 radical (unpaired) electrons. The van der Waals surface area contributed by atoms with Crippen molar-refractivity contribution in [2.45, 2.75) is 70.2 Å². The molecule has 5 heteroatoms. The highest BCUT2D eigenvalue weighted by atomic mass is 79.9. The van der Waals surface area contributed by atoms with Gasteiger partial charge in [0.25, 0.3) is 0 Å². The summed E-state index contributed by atoms with van der Waals surface area (Å²) in [5.41, 5.74) is 4.69. The van der Waals surface area contributed by atoms with E-state index in [0.717, 1.165) is 26.7 Å². The molecule has 0 aliphatic rings. The van der Waals surface area contributed by atoms with E-state index in [1.165, 1.54) is 5.56 Å². The second kappa shape index (κ2) is 10.5. The monoisotopic (exact) mass is 527 g/mol. The first-order chi connectivity index (χ1) is 15.5. The Morgan fingerprint density at radius 1 is 0.667 bits per heavy atom. The molecular formula is C28H34BrNO2S. The maximum absolute atomic E-state index is 14.1. The number of nitrogens with one attached hydrogen (secondary N) is 1. The summed E-state index contributed by atoms with van der Waals surface area (Å²) in [6.45, 7) is 12.5. The summed E-state index contributed by atoms with van der Waals surface area (Å²) in [5, 5.41) is 0. The van der Waals surface area contributed by atoms with Gasteiger partial charge < -0.3 is 0 Å². The van der Waals surface area contributed by atoms with Gasteiger partial charge in [0.05, 0.1) is 10.9 Å². The molecule has 1 atom stereocenters. The standard InChI is InChI=1S/C28H34BrNO2S/c1-18(2)22-16-24(19(3)4)28(25(17-22)20(5)6)33(31,32)30-27(21-12-8-7-9-13-21)23-14-10-11-15-26(23)29/h7-20,27,30H,1-6H3/t27-/m0/s1. The zero-order valence-corrected chi connectivity index (χ0v) is 22.7. The topological polar surface area (TPSA) is 46.2 Å². The third-order valence-corrected chi connectivity index (χ3v) is 8.25. The van der Waals surface area contributed by atoms with Crippen molar-refractivity contribution in [1.82, 2.24) is 4.72 Å². The first kappa shape index (κ1) is 25.7. The molecule has 0 amide bonds. The molecule has 176 valence electrons. The van der Waals surface area contributed by atoms with E-state index in [1.807, 2.05) is 54.6 Å². The third-order valence-electron chi connectivity index (χ3n) is 5.97. The fraction of sp³-hybridized carbons (Fsp3) is 0.357. The lowest BCUT2D eigenvalue weighted by atomic mass is 9.89.